The number of pyridine rings is 1. The van der Waals surface area contributed by atoms with Crippen LogP contribution in [-0.4, -0.2) is 66.1 Å². The van der Waals surface area contributed by atoms with Crippen molar-refractivity contribution in [3.63, 3.8) is 0 Å². The molecule has 1 aromatic rings. The molecule has 2 atom stereocenters. The second-order valence-corrected chi connectivity index (χ2v) is 6.66. The number of likely N-dealkylation sites (tertiary alicyclic amines) is 2. The second kappa shape index (κ2) is 7.88. The van der Waals surface area contributed by atoms with Crippen molar-refractivity contribution in [2.24, 2.45) is 0 Å². The van der Waals surface area contributed by atoms with Crippen LogP contribution < -0.4 is 0 Å². The Morgan fingerprint density at radius 3 is 2.74 bits per heavy atom. The van der Waals surface area contributed by atoms with Gasteiger partial charge in [0, 0.05) is 45.1 Å². The highest BCUT2D eigenvalue weighted by Crippen LogP contribution is 2.23. The van der Waals surface area contributed by atoms with Gasteiger partial charge >= 0.3 is 0 Å². The maximum Gasteiger partial charge on any atom is 0.223 e. The zero-order valence-electron chi connectivity index (χ0n) is 14.0. The topological polar surface area (TPSA) is 45.7 Å². The molecule has 5 nitrogen and oxygen atoms in total. The largest absolute Gasteiger partial charge is 0.380 e. The Labute approximate surface area is 138 Å². The van der Waals surface area contributed by atoms with Crippen LogP contribution in [-0.2, 0) is 16.0 Å². The zero-order valence-corrected chi connectivity index (χ0v) is 14.0. The fraction of sp³-hybridized carbons (Fsp3) is 0.667. The number of ether oxygens (including phenoxy) is 1. The van der Waals surface area contributed by atoms with Crippen LogP contribution in [0.2, 0.25) is 0 Å². The number of aromatic nitrogens is 1. The van der Waals surface area contributed by atoms with E-state index in [1.54, 1.807) is 19.5 Å². The fourth-order valence-electron chi connectivity index (χ4n) is 3.73. The molecule has 2 fully saturated rings. The van der Waals surface area contributed by atoms with Crippen molar-refractivity contribution in [3.05, 3.63) is 30.1 Å². The molecule has 23 heavy (non-hydrogen) atoms. The van der Waals surface area contributed by atoms with Gasteiger partial charge < -0.3 is 14.5 Å². The van der Waals surface area contributed by atoms with E-state index in [2.05, 4.69) is 14.8 Å². The number of amides is 1. The van der Waals surface area contributed by atoms with Crippen LogP contribution in [0.4, 0.5) is 0 Å². The molecule has 0 aromatic carbocycles. The molecule has 0 saturated carbocycles. The summed E-state index contributed by atoms with van der Waals surface area (Å²) in [5, 5.41) is 0. The van der Waals surface area contributed by atoms with Crippen LogP contribution in [0.1, 0.15) is 31.2 Å². The van der Waals surface area contributed by atoms with E-state index in [1.807, 2.05) is 12.1 Å². The number of hydrogen-bond acceptors (Lipinski definition) is 4. The molecule has 1 amide bonds. The molecule has 3 rings (SSSR count). The maximum absolute atomic E-state index is 12.7. The van der Waals surface area contributed by atoms with E-state index >= 15 is 0 Å². The number of methoxy groups -OCH3 is 1. The molecule has 126 valence electrons. The summed E-state index contributed by atoms with van der Waals surface area (Å²) in [5.74, 6) is 0.255. The third-order valence-electron chi connectivity index (χ3n) is 5.07. The first kappa shape index (κ1) is 16.4. The van der Waals surface area contributed by atoms with Gasteiger partial charge in [-0.2, -0.15) is 0 Å². The minimum absolute atomic E-state index is 0.187. The first-order valence-corrected chi connectivity index (χ1v) is 8.70. The molecule has 0 N–H and O–H groups in total. The smallest absolute Gasteiger partial charge is 0.223 e. The Hall–Kier alpha value is -1.46. The van der Waals surface area contributed by atoms with Gasteiger partial charge in [0.2, 0.25) is 5.91 Å². The fourth-order valence-corrected chi connectivity index (χ4v) is 3.73. The summed E-state index contributed by atoms with van der Waals surface area (Å²) in [6.07, 6.45) is 8.65. The predicted molar refractivity (Wildman–Crippen MR) is 89.1 cm³/mol. The van der Waals surface area contributed by atoms with Crippen molar-refractivity contribution >= 4 is 5.91 Å². The quantitative estimate of drug-likeness (QED) is 0.801. The average Bonchev–Trinajstić information content (AvgIpc) is 3.23. The van der Waals surface area contributed by atoms with E-state index in [0.29, 0.717) is 12.5 Å². The lowest BCUT2D eigenvalue weighted by atomic mass is 10.1. The van der Waals surface area contributed by atoms with E-state index in [-0.39, 0.29) is 12.0 Å². The summed E-state index contributed by atoms with van der Waals surface area (Å²) in [7, 11) is 1.75. The SMILES string of the molecule is CO[C@H]1C[C@@H](CN2CCCC2)N(C(=O)CCc2ccncc2)C1. The summed E-state index contributed by atoms with van der Waals surface area (Å²) in [4.78, 5) is 21.3. The van der Waals surface area contributed by atoms with Gasteiger partial charge in [-0.1, -0.05) is 0 Å². The molecule has 2 aliphatic heterocycles. The molecule has 5 heteroatoms. The van der Waals surface area contributed by atoms with Gasteiger partial charge in [0.25, 0.3) is 0 Å². The van der Waals surface area contributed by atoms with Crippen LogP contribution in [0.5, 0.6) is 0 Å². The molecule has 2 saturated heterocycles. The van der Waals surface area contributed by atoms with Gasteiger partial charge in [-0.15, -0.1) is 0 Å². The number of rotatable bonds is 6. The average molecular weight is 317 g/mol. The minimum Gasteiger partial charge on any atom is -0.380 e. The standard InChI is InChI=1S/C18H27N3O2/c1-23-17-12-16(13-20-10-2-3-11-20)21(14-17)18(22)5-4-15-6-8-19-9-7-15/h6-9,16-17H,2-5,10-14H2,1H3/t16-,17-/m0/s1. The van der Waals surface area contributed by atoms with Crippen LogP contribution in [0.3, 0.4) is 0 Å². The molecular weight excluding hydrogens is 290 g/mol. The number of hydrogen-bond donors (Lipinski definition) is 0. The first-order valence-electron chi connectivity index (χ1n) is 8.70. The lowest BCUT2D eigenvalue weighted by molar-refractivity contribution is -0.132. The van der Waals surface area contributed by atoms with E-state index in [1.165, 1.54) is 31.5 Å². The van der Waals surface area contributed by atoms with Gasteiger partial charge in [-0.25, -0.2) is 0 Å². The van der Waals surface area contributed by atoms with Crippen LogP contribution in [0.15, 0.2) is 24.5 Å². The summed E-state index contributed by atoms with van der Waals surface area (Å²) >= 11 is 0. The Morgan fingerprint density at radius 2 is 2.04 bits per heavy atom. The normalized spacial score (nSPS) is 25.2. The molecular formula is C18H27N3O2. The van der Waals surface area contributed by atoms with Gasteiger partial charge in [-0.05, 0) is 56.5 Å². The van der Waals surface area contributed by atoms with Crippen molar-refractivity contribution in [1.29, 1.82) is 0 Å². The van der Waals surface area contributed by atoms with Crippen molar-refractivity contribution in [3.8, 4) is 0 Å². The van der Waals surface area contributed by atoms with E-state index in [0.717, 1.165) is 25.9 Å². The highest BCUT2D eigenvalue weighted by atomic mass is 16.5. The van der Waals surface area contributed by atoms with Crippen molar-refractivity contribution in [2.75, 3.05) is 33.3 Å². The summed E-state index contributed by atoms with van der Waals surface area (Å²) in [6.45, 7) is 4.09. The summed E-state index contributed by atoms with van der Waals surface area (Å²) < 4.78 is 5.53. The molecule has 0 unspecified atom stereocenters. The Balaban J connectivity index is 1.56. The maximum atomic E-state index is 12.7. The highest BCUT2D eigenvalue weighted by Gasteiger charge is 2.36. The number of nitrogens with zero attached hydrogens (tertiary/aromatic N) is 3. The number of carbonyl (C=O) groups is 1. The van der Waals surface area contributed by atoms with Crippen LogP contribution in [0, 0.1) is 0 Å². The van der Waals surface area contributed by atoms with Crippen LogP contribution >= 0.6 is 0 Å². The summed E-state index contributed by atoms with van der Waals surface area (Å²) in [5.41, 5.74) is 1.17. The number of carbonyl (C=O) groups excluding carboxylic acids is 1. The predicted octanol–water partition coefficient (Wildman–Crippen LogP) is 1.73. The van der Waals surface area contributed by atoms with Crippen molar-refractivity contribution < 1.29 is 9.53 Å². The van der Waals surface area contributed by atoms with Crippen molar-refractivity contribution in [2.45, 2.75) is 44.2 Å². The van der Waals surface area contributed by atoms with Gasteiger partial charge in [0.1, 0.15) is 0 Å². The van der Waals surface area contributed by atoms with Crippen molar-refractivity contribution in [1.82, 2.24) is 14.8 Å². The molecule has 3 heterocycles. The second-order valence-electron chi connectivity index (χ2n) is 6.66. The van der Waals surface area contributed by atoms with E-state index in [4.69, 9.17) is 4.74 Å². The van der Waals surface area contributed by atoms with Crippen LogP contribution in [0.25, 0.3) is 0 Å². The monoisotopic (exact) mass is 317 g/mol. The number of aryl methyl sites for hydroxylation is 1. The third kappa shape index (κ3) is 4.30. The molecule has 0 aliphatic carbocycles. The van der Waals surface area contributed by atoms with E-state index < -0.39 is 0 Å². The molecule has 2 aliphatic rings. The molecule has 0 bridgehead atoms. The van der Waals surface area contributed by atoms with E-state index in [9.17, 15) is 4.79 Å². The molecule has 0 spiro atoms. The minimum atomic E-state index is 0.187. The Kier molecular flexibility index (Phi) is 5.62. The zero-order chi connectivity index (χ0) is 16.1. The first-order chi connectivity index (χ1) is 11.3. The molecule has 1 aromatic heterocycles. The summed E-state index contributed by atoms with van der Waals surface area (Å²) in [6, 6.07) is 4.27. The van der Waals surface area contributed by atoms with Gasteiger partial charge in [0.05, 0.1) is 6.10 Å². The molecule has 0 radical (unpaired) electrons. The lowest BCUT2D eigenvalue weighted by Gasteiger charge is -2.28. The third-order valence-corrected chi connectivity index (χ3v) is 5.07. The van der Waals surface area contributed by atoms with Gasteiger partial charge in [0.15, 0.2) is 0 Å². The Bertz CT molecular complexity index is 502. The highest BCUT2D eigenvalue weighted by molar-refractivity contribution is 5.77. The lowest BCUT2D eigenvalue weighted by Crippen LogP contribution is -2.42. The Morgan fingerprint density at radius 1 is 1.30 bits per heavy atom. The van der Waals surface area contributed by atoms with Gasteiger partial charge in [-0.3, -0.25) is 9.78 Å².